The highest BCUT2D eigenvalue weighted by Gasteiger charge is 2.19. The zero-order valence-electron chi connectivity index (χ0n) is 13.2. The van der Waals surface area contributed by atoms with Gasteiger partial charge in [-0.05, 0) is 46.2 Å². The van der Waals surface area contributed by atoms with Crippen molar-refractivity contribution in [1.29, 1.82) is 0 Å². The van der Waals surface area contributed by atoms with E-state index in [1.165, 1.54) is 4.90 Å². The molecule has 4 nitrogen and oxygen atoms in total. The van der Waals surface area contributed by atoms with Crippen LogP contribution in [0.5, 0.6) is 0 Å². The molecule has 0 aromatic heterocycles. The van der Waals surface area contributed by atoms with Gasteiger partial charge in [-0.15, -0.1) is 0 Å². The van der Waals surface area contributed by atoms with Gasteiger partial charge in [0.2, 0.25) is 5.91 Å². The molecular formula is C16H24N2O2. The predicted octanol–water partition coefficient (Wildman–Crippen LogP) is 2.29. The molecule has 0 bridgehead atoms. The molecule has 0 heterocycles. The molecule has 1 aromatic rings. The maximum atomic E-state index is 12.3. The molecule has 2 amide bonds. The number of carbonyl (C=O) groups is 2. The van der Waals surface area contributed by atoms with Crippen LogP contribution in [0.2, 0.25) is 0 Å². The average molecular weight is 276 g/mol. The third-order valence-electron chi connectivity index (χ3n) is 2.85. The molecule has 1 N–H and O–H groups in total. The fourth-order valence-corrected chi connectivity index (χ4v) is 2.00. The van der Waals surface area contributed by atoms with Gasteiger partial charge in [0.15, 0.2) is 0 Å². The maximum absolute atomic E-state index is 12.3. The Morgan fingerprint density at radius 2 is 1.80 bits per heavy atom. The van der Waals surface area contributed by atoms with Crippen molar-refractivity contribution in [2.24, 2.45) is 0 Å². The lowest BCUT2D eigenvalue weighted by Crippen LogP contribution is -2.46. The van der Waals surface area contributed by atoms with Crippen LogP contribution in [0, 0.1) is 13.8 Å². The van der Waals surface area contributed by atoms with Crippen LogP contribution in [-0.4, -0.2) is 35.8 Å². The number of nitrogens with zero attached hydrogens (tertiary/aromatic N) is 1. The summed E-state index contributed by atoms with van der Waals surface area (Å²) in [6, 6.07) is 5.69. The molecule has 0 radical (unpaired) electrons. The van der Waals surface area contributed by atoms with Crippen molar-refractivity contribution in [3.05, 3.63) is 34.9 Å². The molecule has 0 fully saturated rings. The quantitative estimate of drug-likeness (QED) is 0.921. The van der Waals surface area contributed by atoms with Gasteiger partial charge in [0.05, 0.1) is 6.54 Å². The van der Waals surface area contributed by atoms with Crippen molar-refractivity contribution >= 4 is 11.8 Å². The first-order valence-electron chi connectivity index (χ1n) is 6.74. The summed E-state index contributed by atoms with van der Waals surface area (Å²) in [7, 11) is 1.64. The minimum Gasteiger partial charge on any atom is -0.350 e. The van der Waals surface area contributed by atoms with E-state index in [-0.39, 0.29) is 23.9 Å². The van der Waals surface area contributed by atoms with Crippen molar-refractivity contribution in [3.63, 3.8) is 0 Å². The molecule has 4 heteroatoms. The second-order valence-electron chi connectivity index (χ2n) is 6.28. The lowest BCUT2D eigenvalue weighted by Gasteiger charge is -2.23. The summed E-state index contributed by atoms with van der Waals surface area (Å²) < 4.78 is 0. The lowest BCUT2D eigenvalue weighted by molar-refractivity contribution is -0.122. The first kappa shape index (κ1) is 16.2. The van der Waals surface area contributed by atoms with Gasteiger partial charge < -0.3 is 10.2 Å². The SMILES string of the molecule is Cc1ccc(C(=O)N(C)CC(=O)NC(C)(C)C)c(C)c1. The summed E-state index contributed by atoms with van der Waals surface area (Å²) in [6.45, 7) is 9.69. The van der Waals surface area contributed by atoms with Crippen LogP contribution in [-0.2, 0) is 4.79 Å². The smallest absolute Gasteiger partial charge is 0.254 e. The van der Waals surface area contributed by atoms with E-state index in [2.05, 4.69) is 5.32 Å². The van der Waals surface area contributed by atoms with Crippen LogP contribution in [0.4, 0.5) is 0 Å². The molecule has 1 aromatic carbocycles. The van der Waals surface area contributed by atoms with Crippen LogP contribution in [0.3, 0.4) is 0 Å². The Balaban J connectivity index is 2.75. The number of hydrogen-bond acceptors (Lipinski definition) is 2. The Bertz CT molecular complexity index is 516. The van der Waals surface area contributed by atoms with Crippen LogP contribution < -0.4 is 5.32 Å². The van der Waals surface area contributed by atoms with Crippen molar-refractivity contribution in [3.8, 4) is 0 Å². The lowest BCUT2D eigenvalue weighted by atomic mass is 10.0. The van der Waals surface area contributed by atoms with Gasteiger partial charge in [0.25, 0.3) is 5.91 Å². The third kappa shape index (κ3) is 4.68. The number of likely N-dealkylation sites (N-methyl/N-ethyl adjacent to an activating group) is 1. The summed E-state index contributed by atoms with van der Waals surface area (Å²) >= 11 is 0. The summed E-state index contributed by atoms with van der Waals surface area (Å²) in [5, 5.41) is 2.85. The summed E-state index contributed by atoms with van der Waals surface area (Å²) in [4.78, 5) is 25.6. The Morgan fingerprint density at radius 3 is 2.30 bits per heavy atom. The first-order chi connectivity index (χ1) is 9.10. The van der Waals surface area contributed by atoms with E-state index in [1.807, 2.05) is 52.8 Å². The number of aryl methyl sites for hydroxylation is 2. The summed E-state index contributed by atoms with van der Waals surface area (Å²) in [5.41, 5.74) is 2.40. The molecule has 0 saturated carbocycles. The molecular weight excluding hydrogens is 252 g/mol. The molecule has 0 aliphatic heterocycles. The Hall–Kier alpha value is -1.84. The minimum atomic E-state index is -0.291. The molecule has 110 valence electrons. The van der Waals surface area contributed by atoms with Gasteiger partial charge >= 0.3 is 0 Å². The van der Waals surface area contributed by atoms with E-state index in [9.17, 15) is 9.59 Å². The van der Waals surface area contributed by atoms with Gasteiger partial charge in [-0.25, -0.2) is 0 Å². The highest BCUT2D eigenvalue weighted by atomic mass is 16.2. The number of carbonyl (C=O) groups excluding carboxylic acids is 2. The molecule has 1 rings (SSSR count). The van der Waals surface area contributed by atoms with E-state index < -0.39 is 0 Å². The van der Waals surface area contributed by atoms with E-state index >= 15 is 0 Å². The molecule has 0 spiro atoms. The Kier molecular flexibility index (Phi) is 4.93. The summed E-state index contributed by atoms with van der Waals surface area (Å²) in [5.74, 6) is -0.287. The molecule has 20 heavy (non-hydrogen) atoms. The number of hydrogen-bond donors (Lipinski definition) is 1. The van der Waals surface area contributed by atoms with E-state index in [0.717, 1.165) is 11.1 Å². The van der Waals surface area contributed by atoms with Gasteiger partial charge in [0, 0.05) is 18.2 Å². The van der Waals surface area contributed by atoms with Gasteiger partial charge in [0.1, 0.15) is 0 Å². The highest BCUT2D eigenvalue weighted by molar-refractivity contribution is 5.97. The third-order valence-corrected chi connectivity index (χ3v) is 2.85. The minimum absolute atomic E-state index is 0.0589. The normalized spacial score (nSPS) is 11.1. The molecule has 0 saturated heterocycles. The number of nitrogens with one attached hydrogen (secondary N) is 1. The molecule has 0 unspecified atom stereocenters. The largest absolute Gasteiger partial charge is 0.350 e. The van der Waals surface area contributed by atoms with Crippen LogP contribution in [0.1, 0.15) is 42.3 Å². The summed E-state index contributed by atoms with van der Waals surface area (Å²) in [6.07, 6.45) is 0. The van der Waals surface area contributed by atoms with Gasteiger partial charge in [-0.1, -0.05) is 17.7 Å². The number of amides is 2. The molecule has 0 aliphatic rings. The Labute approximate surface area is 121 Å². The second-order valence-corrected chi connectivity index (χ2v) is 6.28. The highest BCUT2D eigenvalue weighted by Crippen LogP contribution is 2.12. The van der Waals surface area contributed by atoms with Gasteiger partial charge in [-0.3, -0.25) is 9.59 Å². The van der Waals surface area contributed by atoms with Crippen molar-refractivity contribution in [2.75, 3.05) is 13.6 Å². The van der Waals surface area contributed by atoms with Gasteiger partial charge in [-0.2, -0.15) is 0 Å². The second kappa shape index (κ2) is 6.07. The standard InChI is InChI=1S/C16H24N2O2/c1-11-7-8-13(12(2)9-11)15(20)18(6)10-14(19)17-16(3,4)5/h7-9H,10H2,1-6H3,(H,17,19). The number of benzene rings is 1. The van der Waals surface area contributed by atoms with Crippen molar-refractivity contribution in [1.82, 2.24) is 10.2 Å². The van der Waals surface area contributed by atoms with E-state index in [0.29, 0.717) is 5.56 Å². The van der Waals surface area contributed by atoms with E-state index in [1.54, 1.807) is 7.05 Å². The monoisotopic (exact) mass is 276 g/mol. The van der Waals surface area contributed by atoms with Crippen molar-refractivity contribution < 1.29 is 9.59 Å². The van der Waals surface area contributed by atoms with Crippen LogP contribution in [0.25, 0.3) is 0 Å². The fourth-order valence-electron chi connectivity index (χ4n) is 2.00. The fraction of sp³-hybridized carbons (Fsp3) is 0.500. The van der Waals surface area contributed by atoms with Crippen molar-refractivity contribution in [2.45, 2.75) is 40.2 Å². The zero-order chi connectivity index (χ0) is 15.5. The average Bonchev–Trinajstić information content (AvgIpc) is 2.25. The number of rotatable bonds is 3. The van der Waals surface area contributed by atoms with Crippen LogP contribution in [0.15, 0.2) is 18.2 Å². The zero-order valence-corrected chi connectivity index (χ0v) is 13.2. The predicted molar refractivity (Wildman–Crippen MR) is 80.8 cm³/mol. The maximum Gasteiger partial charge on any atom is 0.254 e. The topological polar surface area (TPSA) is 49.4 Å². The molecule has 0 atom stereocenters. The molecule has 0 aliphatic carbocycles. The van der Waals surface area contributed by atoms with Crippen LogP contribution >= 0.6 is 0 Å². The Morgan fingerprint density at radius 1 is 1.20 bits per heavy atom. The first-order valence-corrected chi connectivity index (χ1v) is 6.74. The van der Waals surface area contributed by atoms with E-state index in [4.69, 9.17) is 0 Å².